The van der Waals surface area contributed by atoms with Gasteiger partial charge in [0.2, 0.25) is 5.91 Å². The van der Waals surface area contributed by atoms with Crippen LogP contribution in [0.25, 0.3) is 11.1 Å². The summed E-state index contributed by atoms with van der Waals surface area (Å²) >= 11 is 0. The second-order valence-electron chi connectivity index (χ2n) is 10.2. The average molecular weight is 477 g/mol. The fourth-order valence-corrected chi connectivity index (χ4v) is 5.93. The van der Waals surface area contributed by atoms with Crippen LogP contribution in [0.5, 0.6) is 0 Å². The van der Waals surface area contributed by atoms with Crippen LogP contribution in [0.2, 0.25) is 0 Å². The van der Waals surface area contributed by atoms with E-state index in [1.165, 1.54) is 11.1 Å². The number of carboxylic acid groups (broad SMARTS) is 1. The third kappa shape index (κ3) is 4.90. The van der Waals surface area contributed by atoms with E-state index in [1.807, 2.05) is 24.3 Å². The van der Waals surface area contributed by atoms with Crippen molar-refractivity contribution in [3.05, 3.63) is 59.7 Å². The molecule has 2 amide bonds. The summed E-state index contributed by atoms with van der Waals surface area (Å²) in [6.45, 7) is 0.237. The van der Waals surface area contributed by atoms with Crippen molar-refractivity contribution < 1.29 is 24.2 Å². The maximum atomic E-state index is 12.8. The van der Waals surface area contributed by atoms with Crippen molar-refractivity contribution in [1.82, 2.24) is 10.6 Å². The number of carbonyl (C=O) groups is 3. The number of hydrogen-bond acceptors (Lipinski definition) is 4. The molecule has 2 fully saturated rings. The highest BCUT2D eigenvalue weighted by atomic mass is 16.5. The summed E-state index contributed by atoms with van der Waals surface area (Å²) in [5, 5.41) is 15.3. The molecule has 0 radical (unpaired) electrons. The van der Waals surface area contributed by atoms with Crippen molar-refractivity contribution in [2.45, 2.75) is 68.9 Å². The van der Waals surface area contributed by atoms with E-state index in [2.05, 4.69) is 34.9 Å². The third-order valence-corrected chi connectivity index (χ3v) is 7.91. The van der Waals surface area contributed by atoms with E-state index in [9.17, 15) is 19.5 Å². The van der Waals surface area contributed by atoms with Gasteiger partial charge in [0.1, 0.15) is 6.61 Å². The molecule has 2 aromatic rings. The first-order valence-electron chi connectivity index (χ1n) is 12.6. The number of rotatable bonds is 7. The molecule has 0 saturated heterocycles. The second kappa shape index (κ2) is 9.72. The van der Waals surface area contributed by atoms with E-state index >= 15 is 0 Å². The minimum atomic E-state index is -0.795. The lowest BCUT2D eigenvalue weighted by Gasteiger charge is -2.42. The van der Waals surface area contributed by atoms with Gasteiger partial charge in [0.15, 0.2) is 0 Å². The maximum absolute atomic E-state index is 12.8. The third-order valence-electron chi connectivity index (χ3n) is 7.91. The lowest BCUT2D eigenvalue weighted by molar-refractivity contribution is -0.143. The topological polar surface area (TPSA) is 105 Å². The van der Waals surface area contributed by atoms with E-state index in [0.29, 0.717) is 12.8 Å². The van der Waals surface area contributed by atoms with E-state index in [0.717, 1.165) is 43.2 Å². The molecular formula is C28H32N2O5. The van der Waals surface area contributed by atoms with Gasteiger partial charge >= 0.3 is 12.1 Å². The van der Waals surface area contributed by atoms with Crippen molar-refractivity contribution in [3.8, 4) is 11.1 Å². The summed E-state index contributed by atoms with van der Waals surface area (Å²) in [6.07, 6.45) is 4.81. The maximum Gasteiger partial charge on any atom is 0.407 e. The van der Waals surface area contributed by atoms with E-state index in [4.69, 9.17) is 4.74 Å². The lowest BCUT2D eigenvalue weighted by Crippen LogP contribution is -2.56. The van der Waals surface area contributed by atoms with Crippen LogP contribution in [0.15, 0.2) is 48.5 Å². The van der Waals surface area contributed by atoms with Crippen molar-refractivity contribution >= 4 is 18.0 Å². The molecule has 0 bridgehead atoms. The Kier molecular flexibility index (Phi) is 6.50. The zero-order valence-electron chi connectivity index (χ0n) is 19.8. The van der Waals surface area contributed by atoms with Crippen molar-refractivity contribution in [2.75, 3.05) is 6.61 Å². The molecule has 3 aliphatic carbocycles. The fraction of sp³-hybridized carbons (Fsp3) is 0.464. The van der Waals surface area contributed by atoms with Gasteiger partial charge < -0.3 is 20.5 Å². The quantitative estimate of drug-likeness (QED) is 0.542. The normalized spacial score (nSPS) is 22.3. The minimum Gasteiger partial charge on any atom is -0.481 e. The largest absolute Gasteiger partial charge is 0.481 e. The van der Waals surface area contributed by atoms with Crippen molar-refractivity contribution in [1.29, 1.82) is 0 Å². The Morgan fingerprint density at radius 1 is 0.943 bits per heavy atom. The molecule has 35 heavy (non-hydrogen) atoms. The number of nitrogens with one attached hydrogen (secondary N) is 2. The Labute approximate surface area is 205 Å². The molecule has 7 nitrogen and oxygen atoms in total. The molecule has 2 atom stereocenters. The standard InChI is InChI=1S/C28H32N2O5/c31-25(29-19-8-5-7-18(15-19)26(32)33)16-28(13-6-14-28)30-27(34)35-17-24-22-11-3-1-9-20(22)21-10-2-4-12-23(21)24/h1-4,9-12,18-19,24H,5-8,13-17H2,(H,29,31)(H,30,34)(H,32,33)/t18-,19+/m0/s1. The SMILES string of the molecule is O=C(CC1(NC(=O)OCC2c3ccccc3-c3ccccc32)CCC1)N[C@@H]1CCC[C@H](C(=O)O)C1. The van der Waals surface area contributed by atoms with Gasteiger partial charge in [-0.05, 0) is 60.8 Å². The Bertz CT molecular complexity index is 1080. The molecule has 0 unspecified atom stereocenters. The van der Waals surface area contributed by atoms with Gasteiger partial charge in [-0.2, -0.15) is 0 Å². The predicted molar refractivity (Wildman–Crippen MR) is 131 cm³/mol. The van der Waals surface area contributed by atoms with Gasteiger partial charge in [-0.15, -0.1) is 0 Å². The van der Waals surface area contributed by atoms with Gasteiger partial charge in [-0.3, -0.25) is 9.59 Å². The van der Waals surface area contributed by atoms with Crippen molar-refractivity contribution in [2.24, 2.45) is 5.92 Å². The van der Waals surface area contributed by atoms with Crippen LogP contribution in [-0.2, 0) is 14.3 Å². The van der Waals surface area contributed by atoms with Crippen LogP contribution >= 0.6 is 0 Å². The minimum absolute atomic E-state index is 0.0118. The summed E-state index contributed by atoms with van der Waals surface area (Å²) in [5.74, 6) is -1.34. The van der Waals surface area contributed by atoms with Gasteiger partial charge in [0, 0.05) is 18.4 Å². The molecule has 3 N–H and O–H groups in total. The molecule has 2 aromatic carbocycles. The number of ether oxygens (including phenoxy) is 1. The average Bonchev–Trinajstić information content (AvgIpc) is 3.15. The molecule has 7 heteroatoms. The highest BCUT2D eigenvalue weighted by Crippen LogP contribution is 2.44. The monoisotopic (exact) mass is 476 g/mol. The zero-order chi connectivity index (χ0) is 24.4. The lowest BCUT2D eigenvalue weighted by atomic mass is 9.74. The number of fused-ring (bicyclic) bond motifs is 3. The summed E-state index contributed by atoms with van der Waals surface area (Å²) in [7, 11) is 0. The molecule has 0 aliphatic heterocycles. The summed E-state index contributed by atoms with van der Waals surface area (Å²) in [6, 6.07) is 16.3. The number of carbonyl (C=O) groups excluding carboxylic acids is 2. The fourth-order valence-electron chi connectivity index (χ4n) is 5.93. The van der Waals surface area contributed by atoms with E-state index in [1.54, 1.807) is 0 Å². The Morgan fingerprint density at radius 2 is 1.60 bits per heavy atom. The smallest absolute Gasteiger partial charge is 0.407 e. The first-order chi connectivity index (χ1) is 16.9. The Hall–Kier alpha value is -3.35. The first-order valence-corrected chi connectivity index (χ1v) is 12.6. The molecule has 0 aromatic heterocycles. The molecule has 184 valence electrons. The highest BCUT2D eigenvalue weighted by molar-refractivity contribution is 5.80. The number of alkyl carbamates (subject to hydrolysis) is 1. The zero-order valence-corrected chi connectivity index (χ0v) is 19.8. The number of benzene rings is 2. The first kappa shape index (κ1) is 23.4. The molecule has 0 spiro atoms. The van der Waals surface area contributed by atoms with Gasteiger partial charge in [0.25, 0.3) is 0 Å². The second-order valence-corrected chi connectivity index (χ2v) is 10.2. The van der Waals surface area contributed by atoms with Crippen LogP contribution in [0, 0.1) is 5.92 Å². The van der Waals surface area contributed by atoms with Crippen LogP contribution in [0.3, 0.4) is 0 Å². The molecular weight excluding hydrogens is 444 g/mol. The molecule has 2 saturated carbocycles. The van der Waals surface area contributed by atoms with Crippen LogP contribution in [-0.4, -0.2) is 41.3 Å². The van der Waals surface area contributed by atoms with Crippen molar-refractivity contribution in [3.63, 3.8) is 0 Å². The molecule has 0 heterocycles. The van der Waals surface area contributed by atoms with Crippen LogP contribution in [0.4, 0.5) is 4.79 Å². The summed E-state index contributed by atoms with van der Waals surface area (Å²) < 4.78 is 5.70. The highest BCUT2D eigenvalue weighted by Gasteiger charge is 2.41. The Morgan fingerprint density at radius 3 is 2.20 bits per heavy atom. The molecule has 5 rings (SSSR count). The van der Waals surface area contributed by atoms with E-state index < -0.39 is 23.5 Å². The van der Waals surface area contributed by atoms with E-state index in [-0.39, 0.29) is 30.9 Å². The molecule has 3 aliphatic rings. The van der Waals surface area contributed by atoms with Crippen LogP contribution in [0.1, 0.15) is 68.4 Å². The van der Waals surface area contributed by atoms with Gasteiger partial charge in [-0.1, -0.05) is 55.0 Å². The summed E-state index contributed by atoms with van der Waals surface area (Å²) in [4.78, 5) is 36.9. The number of hydrogen-bond donors (Lipinski definition) is 3. The van der Waals surface area contributed by atoms with Gasteiger partial charge in [0.05, 0.1) is 11.5 Å². The predicted octanol–water partition coefficient (Wildman–Crippen LogP) is 4.60. The Balaban J connectivity index is 1.17. The number of aliphatic carboxylic acids is 1. The van der Waals surface area contributed by atoms with Gasteiger partial charge in [-0.25, -0.2) is 4.79 Å². The number of amides is 2. The number of carboxylic acids is 1. The summed E-state index contributed by atoms with van der Waals surface area (Å²) in [5.41, 5.74) is 4.08. The van der Waals surface area contributed by atoms with Crippen LogP contribution < -0.4 is 10.6 Å².